The van der Waals surface area contributed by atoms with E-state index in [0.29, 0.717) is 13.0 Å². The van der Waals surface area contributed by atoms with Crippen LogP contribution in [0.5, 0.6) is 0 Å². The van der Waals surface area contributed by atoms with Crippen LogP contribution < -0.4 is 5.32 Å². The molecule has 0 aliphatic carbocycles. The normalized spacial score (nSPS) is 12.2. The molecule has 5 nitrogen and oxygen atoms in total. The molecule has 2 N–H and O–H groups in total. The molecule has 1 rings (SSSR count). The fourth-order valence-corrected chi connectivity index (χ4v) is 1.24. The van der Waals surface area contributed by atoms with Gasteiger partial charge >= 0.3 is 0 Å². The first-order chi connectivity index (χ1) is 8.17. The van der Waals surface area contributed by atoms with Gasteiger partial charge in [0.15, 0.2) is 0 Å². The lowest BCUT2D eigenvalue weighted by Crippen LogP contribution is -2.38. The van der Waals surface area contributed by atoms with Gasteiger partial charge in [-0.3, -0.25) is 4.79 Å². The number of methoxy groups -OCH3 is 1. The van der Waals surface area contributed by atoms with Crippen LogP contribution in [0.2, 0.25) is 0 Å². The predicted molar refractivity (Wildman–Crippen MR) is 59.0 cm³/mol. The van der Waals surface area contributed by atoms with E-state index in [9.17, 15) is 9.18 Å². The monoisotopic (exact) mass is 242 g/mol. The number of nitrogens with zero attached hydrogens (tertiary/aromatic N) is 1. The molecule has 0 bridgehead atoms. The minimum absolute atomic E-state index is 0.113. The van der Waals surface area contributed by atoms with Crippen molar-refractivity contribution in [3.63, 3.8) is 0 Å². The van der Waals surface area contributed by atoms with Crippen LogP contribution in [0.15, 0.2) is 18.3 Å². The van der Waals surface area contributed by atoms with Crippen LogP contribution in [0.1, 0.15) is 16.9 Å². The molecule has 1 unspecified atom stereocenters. The van der Waals surface area contributed by atoms with E-state index in [-0.39, 0.29) is 12.3 Å². The number of rotatable bonds is 6. The molecule has 0 aromatic carbocycles. The van der Waals surface area contributed by atoms with Crippen molar-refractivity contribution in [1.82, 2.24) is 10.3 Å². The van der Waals surface area contributed by atoms with Gasteiger partial charge in [-0.2, -0.15) is 0 Å². The summed E-state index contributed by atoms with van der Waals surface area (Å²) in [6, 6.07) is 2.05. The van der Waals surface area contributed by atoms with Gasteiger partial charge in [0.2, 0.25) is 0 Å². The molecule has 0 saturated heterocycles. The number of halogens is 1. The van der Waals surface area contributed by atoms with Crippen molar-refractivity contribution in [1.29, 1.82) is 0 Å². The SMILES string of the molecule is COCCC(CO)NC(=O)c1ccc(F)cn1. The van der Waals surface area contributed by atoms with Gasteiger partial charge in [-0.1, -0.05) is 0 Å². The van der Waals surface area contributed by atoms with Crippen LogP contribution in [0.4, 0.5) is 4.39 Å². The molecule has 0 spiro atoms. The number of ether oxygens (including phenoxy) is 1. The Bertz CT molecular complexity index is 356. The molecule has 0 aliphatic heterocycles. The molecule has 0 saturated carbocycles. The quantitative estimate of drug-likeness (QED) is 0.755. The number of hydrogen-bond acceptors (Lipinski definition) is 4. The Morgan fingerprint density at radius 1 is 1.65 bits per heavy atom. The van der Waals surface area contributed by atoms with E-state index in [1.54, 1.807) is 0 Å². The second-order valence-electron chi connectivity index (χ2n) is 3.50. The number of carbonyl (C=O) groups is 1. The van der Waals surface area contributed by atoms with Crippen LogP contribution in [-0.2, 0) is 4.74 Å². The molecular weight excluding hydrogens is 227 g/mol. The summed E-state index contributed by atoms with van der Waals surface area (Å²) < 4.78 is 17.4. The van der Waals surface area contributed by atoms with Crippen molar-refractivity contribution < 1.29 is 19.0 Å². The topological polar surface area (TPSA) is 71.5 Å². The molecule has 1 heterocycles. The van der Waals surface area contributed by atoms with Crippen LogP contribution in [-0.4, -0.2) is 42.4 Å². The highest BCUT2D eigenvalue weighted by Gasteiger charge is 2.13. The number of nitrogens with one attached hydrogen (secondary N) is 1. The minimum atomic E-state index is -0.500. The van der Waals surface area contributed by atoms with Gasteiger partial charge in [0.25, 0.3) is 5.91 Å². The van der Waals surface area contributed by atoms with E-state index in [1.807, 2.05) is 0 Å². The Hall–Kier alpha value is -1.53. The van der Waals surface area contributed by atoms with Crippen molar-refractivity contribution in [2.75, 3.05) is 20.3 Å². The molecule has 1 aromatic rings. The van der Waals surface area contributed by atoms with Gasteiger partial charge in [-0.25, -0.2) is 9.37 Å². The molecule has 1 atom stereocenters. The number of aliphatic hydroxyl groups excluding tert-OH is 1. The fraction of sp³-hybridized carbons (Fsp3) is 0.455. The number of aromatic nitrogens is 1. The maximum atomic E-state index is 12.6. The Kier molecular flexibility index (Phi) is 5.51. The van der Waals surface area contributed by atoms with Gasteiger partial charge in [0.05, 0.1) is 18.8 Å². The molecule has 0 aliphatic rings. The van der Waals surface area contributed by atoms with E-state index in [0.717, 1.165) is 12.3 Å². The van der Waals surface area contributed by atoms with E-state index < -0.39 is 17.8 Å². The summed E-state index contributed by atoms with van der Waals surface area (Å²) in [5.41, 5.74) is 0.113. The maximum Gasteiger partial charge on any atom is 0.270 e. The van der Waals surface area contributed by atoms with E-state index in [1.165, 1.54) is 13.2 Å². The summed E-state index contributed by atoms with van der Waals surface area (Å²) in [5, 5.41) is 11.6. The van der Waals surface area contributed by atoms with Gasteiger partial charge < -0.3 is 15.2 Å². The summed E-state index contributed by atoms with van der Waals surface area (Å²) in [5.74, 6) is -0.945. The van der Waals surface area contributed by atoms with E-state index >= 15 is 0 Å². The molecule has 0 radical (unpaired) electrons. The molecule has 1 amide bonds. The predicted octanol–water partition coefficient (Wildman–Crippen LogP) is 0.348. The minimum Gasteiger partial charge on any atom is -0.394 e. The van der Waals surface area contributed by atoms with E-state index in [2.05, 4.69) is 10.3 Å². The fourth-order valence-electron chi connectivity index (χ4n) is 1.24. The van der Waals surface area contributed by atoms with Crippen molar-refractivity contribution in [3.05, 3.63) is 29.8 Å². The zero-order chi connectivity index (χ0) is 12.7. The second-order valence-corrected chi connectivity index (χ2v) is 3.50. The van der Waals surface area contributed by atoms with Crippen LogP contribution in [0.3, 0.4) is 0 Å². The summed E-state index contributed by atoms with van der Waals surface area (Å²) in [4.78, 5) is 15.3. The highest BCUT2D eigenvalue weighted by Crippen LogP contribution is 2.00. The number of pyridine rings is 1. The van der Waals surface area contributed by atoms with Gasteiger partial charge in [-0.05, 0) is 18.6 Å². The molecule has 1 aromatic heterocycles. The van der Waals surface area contributed by atoms with Crippen LogP contribution >= 0.6 is 0 Å². The van der Waals surface area contributed by atoms with E-state index in [4.69, 9.17) is 9.84 Å². The molecular formula is C11H15FN2O3. The summed E-state index contributed by atoms with van der Waals surface area (Å²) >= 11 is 0. The lowest BCUT2D eigenvalue weighted by atomic mass is 10.2. The lowest BCUT2D eigenvalue weighted by molar-refractivity contribution is 0.0889. The second kappa shape index (κ2) is 6.93. The maximum absolute atomic E-state index is 12.6. The Morgan fingerprint density at radius 2 is 2.41 bits per heavy atom. The largest absolute Gasteiger partial charge is 0.394 e. The summed E-state index contributed by atoms with van der Waals surface area (Å²) in [7, 11) is 1.54. The highest BCUT2D eigenvalue weighted by atomic mass is 19.1. The smallest absolute Gasteiger partial charge is 0.270 e. The Balaban J connectivity index is 2.54. The molecule has 17 heavy (non-hydrogen) atoms. The highest BCUT2D eigenvalue weighted by molar-refractivity contribution is 5.92. The van der Waals surface area contributed by atoms with Gasteiger partial charge in [0, 0.05) is 13.7 Å². The van der Waals surface area contributed by atoms with Crippen LogP contribution in [0.25, 0.3) is 0 Å². The molecule has 6 heteroatoms. The van der Waals surface area contributed by atoms with Gasteiger partial charge in [0.1, 0.15) is 11.5 Å². The third-order valence-electron chi connectivity index (χ3n) is 2.19. The number of carbonyl (C=O) groups excluding carboxylic acids is 1. The zero-order valence-corrected chi connectivity index (χ0v) is 9.52. The average Bonchev–Trinajstić information content (AvgIpc) is 2.35. The van der Waals surface area contributed by atoms with Crippen molar-refractivity contribution in [3.8, 4) is 0 Å². The molecule has 0 fully saturated rings. The standard InChI is InChI=1S/C11H15FN2O3/c1-17-5-4-9(7-15)14-11(16)10-3-2-8(12)6-13-10/h2-3,6,9,15H,4-5,7H2,1H3,(H,14,16). The third-order valence-corrected chi connectivity index (χ3v) is 2.19. The van der Waals surface area contributed by atoms with Crippen molar-refractivity contribution in [2.24, 2.45) is 0 Å². The first-order valence-electron chi connectivity index (χ1n) is 5.19. The van der Waals surface area contributed by atoms with Crippen LogP contribution in [0, 0.1) is 5.82 Å². The zero-order valence-electron chi connectivity index (χ0n) is 9.52. The number of amides is 1. The number of hydrogen-bond donors (Lipinski definition) is 2. The molecule has 94 valence electrons. The summed E-state index contributed by atoms with van der Waals surface area (Å²) in [6.45, 7) is 0.249. The third kappa shape index (κ3) is 4.46. The Morgan fingerprint density at radius 3 is 2.94 bits per heavy atom. The van der Waals surface area contributed by atoms with Gasteiger partial charge in [-0.15, -0.1) is 0 Å². The van der Waals surface area contributed by atoms with Crippen molar-refractivity contribution in [2.45, 2.75) is 12.5 Å². The van der Waals surface area contributed by atoms with Crippen molar-refractivity contribution >= 4 is 5.91 Å². The Labute approximate surface area is 98.6 Å². The summed E-state index contributed by atoms with van der Waals surface area (Å²) in [6.07, 6.45) is 1.47. The lowest BCUT2D eigenvalue weighted by Gasteiger charge is -2.15. The number of aliphatic hydroxyl groups is 1. The average molecular weight is 242 g/mol. The first kappa shape index (κ1) is 13.5. The first-order valence-corrected chi connectivity index (χ1v) is 5.19.